The molecular formula is C44H23N3O2. The van der Waals surface area contributed by atoms with Gasteiger partial charge in [0.15, 0.2) is 0 Å². The molecule has 226 valence electrons. The molecule has 0 aliphatic heterocycles. The van der Waals surface area contributed by atoms with Crippen LogP contribution in [-0.4, -0.2) is 4.57 Å². The highest BCUT2D eigenvalue weighted by atomic mass is 16.3. The zero-order valence-corrected chi connectivity index (χ0v) is 25.9. The van der Waals surface area contributed by atoms with Gasteiger partial charge in [-0.2, -0.15) is 10.5 Å². The zero-order valence-electron chi connectivity index (χ0n) is 25.9. The molecule has 10 rings (SSSR count). The SMILES string of the molecule is N#Cc1cccc(-c2ccc3oc4cc5c(cc4c3c2)oc2ccc(-c3cccc(C#N)c3-n3c4ccccc4c4ccccc43)cc25)c1. The average molecular weight is 626 g/mol. The van der Waals surface area contributed by atoms with Gasteiger partial charge in [0, 0.05) is 37.9 Å². The summed E-state index contributed by atoms with van der Waals surface area (Å²) in [5.74, 6) is 0. The molecule has 0 saturated carbocycles. The van der Waals surface area contributed by atoms with E-state index in [-0.39, 0.29) is 0 Å². The lowest BCUT2D eigenvalue weighted by Gasteiger charge is -2.16. The Morgan fingerprint density at radius 1 is 0.429 bits per heavy atom. The molecule has 0 amide bonds. The third-order valence-corrected chi connectivity index (χ3v) is 9.66. The van der Waals surface area contributed by atoms with Crippen LogP contribution < -0.4 is 0 Å². The van der Waals surface area contributed by atoms with Gasteiger partial charge in [0.1, 0.15) is 28.4 Å². The molecule has 0 aliphatic rings. The van der Waals surface area contributed by atoms with Crippen molar-refractivity contribution >= 4 is 65.7 Å². The molecule has 0 spiro atoms. The van der Waals surface area contributed by atoms with Crippen LogP contribution in [0.3, 0.4) is 0 Å². The second-order valence-electron chi connectivity index (χ2n) is 12.3. The molecule has 0 radical (unpaired) electrons. The summed E-state index contributed by atoms with van der Waals surface area (Å²) in [5.41, 5.74) is 11.2. The average Bonchev–Trinajstić information content (AvgIpc) is 3.81. The van der Waals surface area contributed by atoms with Crippen LogP contribution in [0.5, 0.6) is 0 Å². The van der Waals surface area contributed by atoms with Crippen LogP contribution in [0.2, 0.25) is 0 Å². The van der Waals surface area contributed by atoms with Gasteiger partial charge < -0.3 is 13.4 Å². The number of furan rings is 2. The molecule has 0 aliphatic carbocycles. The highest BCUT2D eigenvalue weighted by Gasteiger charge is 2.20. The standard InChI is InChI=1S/C44H23N3O2/c45-24-26-7-5-8-27(19-26)28-15-17-40-34(20-28)36-22-43-37(23-42(36)48-40)35-21-29(16-18-41(35)49-43)31-12-6-9-30(25-46)44(31)47-38-13-3-1-10-32(38)33-11-2-4-14-39(33)47/h1-23H. The van der Waals surface area contributed by atoms with Crippen LogP contribution >= 0.6 is 0 Å². The summed E-state index contributed by atoms with van der Waals surface area (Å²) in [6.45, 7) is 0. The number of benzene rings is 7. The summed E-state index contributed by atoms with van der Waals surface area (Å²) in [4.78, 5) is 0. The van der Waals surface area contributed by atoms with Crippen LogP contribution in [0.25, 0.3) is 93.6 Å². The Kier molecular flexibility index (Phi) is 5.64. The van der Waals surface area contributed by atoms with Crippen LogP contribution in [0.15, 0.2) is 148 Å². The summed E-state index contributed by atoms with van der Waals surface area (Å²) in [6.07, 6.45) is 0. The number of hydrogen-bond acceptors (Lipinski definition) is 4. The fraction of sp³-hybridized carbons (Fsp3) is 0. The molecule has 7 aromatic carbocycles. The second kappa shape index (κ2) is 10.2. The van der Waals surface area contributed by atoms with Crippen LogP contribution in [0.4, 0.5) is 0 Å². The molecule has 0 N–H and O–H groups in total. The molecule has 0 unspecified atom stereocenters. The minimum absolute atomic E-state index is 0.601. The van der Waals surface area contributed by atoms with E-state index in [1.165, 1.54) is 0 Å². The maximum atomic E-state index is 10.4. The minimum atomic E-state index is 0.601. The zero-order chi connectivity index (χ0) is 32.6. The van der Waals surface area contributed by atoms with Crippen LogP contribution in [-0.2, 0) is 0 Å². The first-order valence-electron chi connectivity index (χ1n) is 16.0. The Labute approximate surface area is 279 Å². The fourth-order valence-electron chi connectivity index (χ4n) is 7.43. The van der Waals surface area contributed by atoms with E-state index in [4.69, 9.17) is 8.83 Å². The van der Waals surface area contributed by atoms with Gasteiger partial charge in [0.2, 0.25) is 0 Å². The van der Waals surface area contributed by atoms with Gasteiger partial charge in [-0.15, -0.1) is 0 Å². The van der Waals surface area contributed by atoms with E-state index < -0.39 is 0 Å². The number of nitrogens with zero attached hydrogens (tertiary/aromatic N) is 3. The lowest BCUT2D eigenvalue weighted by molar-refractivity contribution is 0.664. The van der Waals surface area contributed by atoms with Crippen molar-refractivity contribution in [3.05, 3.63) is 151 Å². The highest BCUT2D eigenvalue weighted by Crippen LogP contribution is 2.42. The molecular weight excluding hydrogens is 603 g/mol. The van der Waals surface area contributed by atoms with Gasteiger partial charge in [-0.1, -0.05) is 72.8 Å². The third kappa shape index (κ3) is 3.97. The van der Waals surface area contributed by atoms with E-state index >= 15 is 0 Å². The van der Waals surface area contributed by atoms with Crippen molar-refractivity contribution in [2.75, 3.05) is 0 Å². The number of fused-ring (bicyclic) bond motifs is 9. The Morgan fingerprint density at radius 2 is 1.00 bits per heavy atom. The predicted molar refractivity (Wildman–Crippen MR) is 196 cm³/mol. The van der Waals surface area contributed by atoms with Gasteiger partial charge in [-0.25, -0.2) is 0 Å². The summed E-state index contributed by atoms with van der Waals surface area (Å²) < 4.78 is 15.0. The molecule has 49 heavy (non-hydrogen) atoms. The molecule has 0 saturated heterocycles. The number of nitriles is 2. The van der Waals surface area contributed by atoms with Crippen molar-refractivity contribution in [3.8, 4) is 40.1 Å². The van der Waals surface area contributed by atoms with Crippen molar-refractivity contribution in [2.45, 2.75) is 0 Å². The molecule has 5 nitrogen and oxygen atoms in total. The van der Waals surface area contributed by atoms with Crippen molar-refractivity contribution in [2.24, 2.45) is 0 Å². The topological polar surface area (TPSA) is 78.8 Å². The van der Waals surface area contributed by atoms with E-state index in [9.17, 15) is 10.5 Å². The van der Waals surface area contributed by atoms with Gasteiger partial charge in [0.05, 0.1) is 33.9 Å². The van der Waals surface area contributed by atoms with Crippen molar-refractivity contribution in [1.82, 2.24) is 4.57 Å². The number of rotatable bonds is 3. The van der Waals surface area contributed by atoms with Crippen molar-refractivity contribution in [3.63, 3.8) is 0 Å². The molecule has 3 heterocycles. The number of para-hydroxylation sites is 3. The van der Waals surface area contributed by atoms with Gasteiger partial charge in [0.25, 0.3) is 0 Å². The van der Waals surface area contributed by atoms with E-state index in [0.717, 1.165) is 93.6 Å². The van der Waals surface area contributed by atoms with E-state index in [0.29, 0.717) is 11.1 Å². The summed E-state index contributed by atoms with van der Waals surface area (Å²) in [6, 6.07) is 51.4. The normalized spacial score (nSPS) is 11.6. The first-order chi connectivity index (χ1) is 24.2. The first-order valence-corrected chi connectivity index (χ1v) is 16.0. The molecule has 0 atom stereocenters. The monoisotopic (exact) mass is 625 g/mol. The highest BCUT2D eigenvalue weighted by molar-refractivity contribution is 6.16. The van der Waals surface area contributed by atoms with Gasteiger partial charge >= 0.3 is 0 Å². The van der Waals surface area contributed by atoms with E-state index in [2.05, 4.69) is 89.5 Å². The molecule has 0 fully saturated rings. The first kappa shape index (κ1) is 27.1. The third-order valence-electron chi connectivity index (χ3n) is 9.66. The Bertz CT molecular complexity index is 3030. The largest absolute Gasteiger partial charge is 0.456 e. The maximum absolute atomic E-state index is 10.4. The number of aromatic nitrogens is 1. The minimum Gasteiger partial charge on any atom is -0.456 e. The Hall–Kier alpha value is -7.08. The van der Waals surface area contributed by atoms with E-state index in [1.54, 1.807) is 0 Å². The molecule has 3 aromatic heterocycles. The lowest BCUT2D eigenvalue weighted by Crippen LogP contribution is -2.00. The van der Waals surface area contributed by atoms with Gasteiger partial charge in [-0.3, -0.25) is 0 Å². The Morgan fingerprint density at radius 3 is 1.65 bits per heavy atom. The second-order valence-corrected chi connectivity index (χ2v) is 12.3. The van der Waals surface area contributed by atoms with E-state index in [1.807, 2.05) is 66.7 Å². The van der Waals surface area contributed by atoms with Gasteiger partial charge in [-0.05, 0) is 83.4 Å². The smallest absolute Gasteiger partial charge is 0.136 e. The maximum Gasteiger partial charge on any atom is 0.136 e. The summed E-state index contributed by atoms with van der Waals surface area (Å²) >= 11 is 0. The lowest BCUT2D eigenvalue weighted by atomic mass is 9.98. The fourth-order valence-corrected chi connectivity index (χ4v) is 7.43. The Balaban J connectivity index is 1.17. The molecule has 5 heteroatoms. The van der Waals surface area contributed by atoms with Crippen molar-refractivity contribution < 1.29 is 8.83 Å². The predicted octanol–water partition coefficient (Wildman–Crippen LogP) is 11.7. The summed E-state index contributed by atoms with van der Waals surface area (Å²) in [7, 11) is 0. The molecule has 0 bridgehead atoms. The molecule has 10 aromatic rings. The summed E-state index contributed by atoms with van der Waals surface area (Å²) in [5, 5.41) is 26.0. The number of hydrogen-bond donors (Lipinski definition) is 0. The van der Waals surface area contributed by atoms with Crippen LogP contribution in [0, 0.1) is 22.7 Å². The van der Waals surface area contributed by atoms with Crippen LogP contribution in [0.1, 0.15) is 11.1 Å². The van der Waals surface area contributed by atoms with Crippen molar-refractivity contribution in [1.29, 1.82) is 10.5 Å². The quantitative estimate of drug-likeness (QED) is 0.196.